The van der Waals surface area contributed by atoms with Crippen LogP contribution in [0.1, 0.15) is 35.2 Å². The topological polar surface area (TPSA) is 67.8 Å². The van der Waals surface area contributed by atoms with Crippen molar-refractivity contribution < 1.29 is 4.79 Å². The predicted octanol–water partition coefficient (Wildman–Crippen LogP) is 3.60. The average Bonchev–Trinajstić information content (AvgIpc) is 3.12. The number of aromatic nitrogens is 3. The van der Waals surface area contributed by atoms with Crippen molar-refractivity contribution in [3.8, 4) is 0 Å². The van der Waals surface area contributed by atoms with Gasteiger partial charge in [-0.25, -0.2) is 4.98 Å². The number of fused-ring (bicyclic) bond motifs is 1. The van der Waals surface area contributed by atoms with Crippen molar-refractivity contribution in [1.82, 2.24) is 15.2 Å². The second-order valence-corrected chi connectivity index (χ2v) is 7.47. The molecule has 2 aromatic heterocycles. The lowest BCUT2D eigenvalue weighted by atomic mass is 10.3. The minimum Gasteiger partial charge on any atom is -0.301 e. The molecule has 1 aliphatic rings. The summed E-state index contributed by atoms with van der Waals surface area (Å²) in [6.45, 7) is 0. The Bertz CT molecular complexity index is 789. The molecule has 0 spiro atoms. The molecule has 7 heteroatoms. The Morgan fingerprint density at radius 3 is 2.91 bits per heavy atom. The molecule has 2 heterocycles. The van der Waals surface area contributed by atoms with E-state index in [1.807, 2.05) is 18.2 Å². The fourth-order valence-electron chi connectivity index (χ4n) is 2.21. The first kappa shape index (κ1) is 13.8. The van der Waals surface area contributed by atoms with Gasteiger partial charge in [-0.2, -0.15) is 0 Å². The molecule has 4 rings (SSSR count). The van der Waals surface area contributed by atoms with Crippen LogP contribution in [0.3, 0.4) is 0 Å². The smallest absolute Gasteiger partial charge is 0.226 e. The molecule has 0 radical (unpaired) electrons. The van der Waals surface area contributed by atoms with E-state index in [1.165, 1.54) is 24.2 Å². The van der Waals surface area contributed by atoms with Crippen LogP contribution in [0.2, 0.25) is 0 Å². The van der Waals surface area contributed by atoms with E-state index >= 15 is 0 Å². The molecule has 1 fully saturated rings. The zero-order valence-corrected chi connectivity index (χ0v) is 13.4. The predicted molar refractivity (Wildman–Crippen MR) is 88.5 cm³/mol. The molecule has 1 N–H and O–H groups in total. The highest BCUT2D eigenvalue weighted by atomic mass is 32.1. The van der Waals surface area contributed by atoms with Gasteiger partial charge in [0.15, 0.2) is 0 Å². The van der Waals surface area contributed by atoms with E-state index in [9.17, 15) is 4.79 Å². The van der Waals surface area contributed by atoms with E-state index in [2.05, 4.69) is 26.6 Å². The van der Waals surface area contributed by atoms with Crippen LogP contribution in [0.5, 0.6) is 0 Å². The first-order valence-corrected chi connectivity index (χ1v) is 8.89. The fraction of sp³-hybridized carbons (Fsp3) is 0.333. The summed E-state index contributed by atoms with van der Waals surface area (Å²) in [5.41, 5.74) is 1.00. The number of para-hydroxylation sites is 1. The van der Waals surface area contributed by atoms with Gasteiger partial charge in [0.2, 0.25) is 11.0 Å². The molecule has 112 valence electrons. The van der Waals surface area contributed by atoms with Crippen molar-refractivity contribution in [3.63, 3.8) is 0 Å². The van der Waals surface area contributed by atoms with Crippen molar-refractivity contribution in [3.05, 3.63) is 34.3 Å². The van der Waals surface area contributed by atoms with Crippen molar-refractivity contribution in [1.29, 1.82) is 0 Å². The van der Waals surface area contributed by atoms with Gasteiger partial charge in [-0.3, -0.25) is 4.79 Å². The average molecular weight is 330 g/mol. The third-order valence-corrected chi connectivity index (χ3v) is 5.62. The van der Waals surface area contributed by atoms with Crippen LogP contribution in [0.15, 0.2) is 24.3 Å². The van der Waals surface area contributed by atoms with Gasteiger partial charge in [0.05, 0.1) is 15.2 Å². The Labute approximate surface area is 135 Å². The summed E-state index contributed by atoms with van der Waals surface area (Å²) in [5.74, 6) is 0.545. The van der Waals surface area contributed by atoms with Crippen LogP contribution < -0.4 is 5.32 Å². The molecule has 1 aromatic carbocycles. The van der Waals surface area contributed by atoms with E-state index in [1.54, 1.807) is 11.3 Å². The van der Waals surface area contributed by atoms with Crippen molar-refractivity contribution in [2.75, 3.05) is 5.32 Å². The Balaban J connectivity index is 1.35. The molecule has 1 amide bonds. The van der Waals surface area contributed by atoms with Crippen LogP contribution in [0, 0.1) is 0 Å². The third kappa shape index (κ3) is 3.00. The van der Waals surface area contributed by atoms with Crippen LogP contribution in [-0.2, 0) is 11.2 Å². The standard InChI is InChI=1S/C15H14N4OS2/c20-12(17-15-19-18-14(22-15)9-5-6-9)7-8-13-16-10-3-1-2-4-11(10)21-13/h1-4,9H,5-8H2,(H,17,19,20). The molecular formula is C15H14N4OS2. The summed E-state index contributed by atoms with van der Waals surface area (Å²) in [4.78, 5) is 16.5. The number of carbonyl (C=O) groups is 1. The van der Waals surface area contributed by atoms with Crippen LogP contribution in [0.25, 0.3) is 10.2 Å². The summed E-state index contributed by atoms with van der Waals surface area (Å²) in [6.07, 6.45) is 3.46. The second-order valence-electron chi connectivity index (χ2n) is 5.34. The molecule has 1 saturated carbocycles. The zero-order valence-electron chi connectivity index (χ0n) is 11.8. The summed E-state index contributed by atoms with van der Waals surface area (Å²) in [7, 11) is 0. The maximum Gasteiger partial charge on any atom is 0.226 e. The van der Waals surface area contributed by atoms with Crippen LogP contribution >= 0.6 is 22.7 Å². The lowest BCUT2D eigenvalue weighted by molar-refractivity contribution is -0.116. The minimum absolute atomic E-state index is 0.0299. The van der Waals surface area contributed by atoms with Crippen molar-refractivity contribution >= 4 is 43.9 Å². The summed E-state index contributed by atoms with van der Waals surface area (Å²) < 4.78 is 1.16. The molecule has 0 unspecified atom stereocenters. The number of nitrogens with one attached hydrogen (secondary N) is 1. The van der Waals surface area contributed by atoms with E-state index in [4.69, 9.17) is 0 Å². The molecule has 1 aliphatic carbocycles. The molecule has 0 bridgehead atoms. The molecule has 5 nitrogen and oxygen atoms in total. The van der Waals surface area contributed by atoms with E-state index in [0.717, 1.165) is 20.2 Å². The number of thiazole rings is 1. The van der Waals surface area contributed by atoms with E-state index in [0.29, 0.717) is 23.9 Å². The van der Waals surface area contributed by atoms with Gasteiger partial charge in [0.25, 0.3) is 0 Å². The largest absolute Gasteiger partial charge is 0.301 e. The molecule has 0 aliphatic heterocycles. The number of aryl methyl sites for hydroxylation is 1. The molecule has 0 saturated heterocycles. The van der Waals surface area contributed by atoms with Gasteiger partial charge in [0, 0.05) is 18.8 Å². The highest BCUT2D eigenvalue weighted by molar-refractivity contribution is 7.18. The lowest BCUT2D eigenvalue weighted by Gasteiger charge is -1.98. The minimum atomic E-state index is -0.0299. The number of amides is 1. The first-order chi connectivity index (χ1) is 10.8. The maximum absolute atomic E-state index is 12.0. The van der Waals surface area contributed by atoms with Gasteiger partial charge in [-0.15, -0.1) is 21.5 Å². The van der Waals surface area contributed by atoms with Crippen LogP contribution in [0.4, 0.5) is 5.13 Å². The quantitative estimate of drug-likeness (QED) is 0.776. The molecular weight excluding hydrogens is 316 g/mol. The summed E-state index contributed by atoms with van der Waals surface area (Å²) in [5, 5.41) is 13.6. The summed E-state index contributed by atoms with van der Waals surface area (Å²) in [6, 6.07) is 8.03. The van der Waals surface area contributed by atoms with Gasteiger partial charge in [0.1, 0.15) is 5.01 Å². The van der Waals surface area contributed by atoms with Gasteiger partial charge >= 0.3 is 0 Å². The number of rotatable bonds is 5. The van der Waals surface area contributed by atoms with Gasteiger partial charge < -0.3 is 5.32 Å². The number of benzene rings is 1. The van der Waals surface area contributed by atoms with Gasteiger partial charge in [-0.1, -0.05) is 23.5 Å². The fourth-order valence-corrected chi connectivity index (χ4v) is 4.10. The van der Waals surface area contributed by atoms with E-state index < -0.39 is 0 Å². The number of hydrogen-bond acceptors (Lipinski definition) is 6. The monoisotopic (exact) mass is 330 g/mol. The molecule has 22 heavy (non-hydrogen) atoms. The maximum atomic E-state index is 12.0. The lowest BCUT2D eigenvalue weighted by Crippen LogP contribution is -2.12. The zero-order chi connectivity index (χ0) is 14.9. The number of hydrogen-bond donors (Lipinski definition) is 1. The molecule has 3 aromatic rings. The Kier molecular flexibility index (Phi) is 3.59. The normalized spacial score (nSPS) is 14.4. The third-order valence-electron chi connectivity index (χ3n) is 3.52. The van der Waals surface area contributed by atoms with Crippen molar-refractivity contribution in [2.24, 2.45) is 0 Å². The van der Waals surface area contributed by atoms with Gasteiger partial charge in [-0.05, 0) is 25.0 Å². The first-order valence-electron chi connectivity index (χ1n) is 7.25. The number of carbonyl (C=O) groups excluding carboxylic acids is 1. The Hall–Kier alpha value is -1.86. The van der Waals surface area contributed by atoms with Crippen molar-refractivity contribution in [2.45, 2.75) is 31.6 Å². The highest BCUT2D eigenvalue weighted by Crippen LogP contribution is 2.42. The van der Waals surface area contributed by atoms with E-state index in [-0.39, 0.29) is 5.91 Å². The Morgan fingerprint density at radius 2 is 2.09 bits per heavy atom. The number of anilines is 1. The number of nitrogens with zero attached hydrogens (tertiary/aromatic N) is 3. The highest BCUT2D eigenvalue weighted by Gasteiger charge is 2.27. The Morgan fingerprint density at radius 1 is 1.23 bits per heavy atom. The second kappa shape index (κ2) is 5.73. The molecule has 0 atom stereocenters. The van der Waals surface area contributed by atoms with Crippen LogP contribution in [-0.4, -0.2) is 21.1 Å². The SMILES string of the molecule is O=C(CCc1nc2ccccc2s1)Nc1nnc(C2CC2)s1. The summed E-state index contributed by atoms with van der Waals surface area (Å²) >= 11 is 3.14.